The monoisotopic (exact) mass is 553 g/mol. The highest BCUT2D eigenvalue weighted by Gasteiger charge is 2.55. The van der Waals surface area contributed by atoms with E-state index < -0.39 is 0 Å². The van der Waals surface area contributed by atoms with E-state index in [9.17, 15) is 0 Å². The molecule has 1 aliphatic heterocycles. The molecule has 212 valence electrons. The number of aryl methyl sites for hydroxylation is 2. The molecule has 42 heavy (non-hydrogen) atoms. The van der Waals surface area contributed by atoms with Crippen molar-refractivity contribution in [1.29, 1.82) is 0 Å². The number of nitrogens with zero attached hydrogens (tertiary/aromatic N) is 1. The third-order valence-electron chi connectivity index (χ3n) is 10.6. The van der Waals surface area contributed by atoms with Gasteiger partial charge in [0.05, 0.1) is 13.2 Å². The lowest BCUT2D eigenvalue weighted by Gasteiger charge is -2.59. The Morgan fingerprint density at radius 2 is 1.52 bits per heavy atom. The number of hydrogen-bond acceptors (Lipinski definition) is 3. The molecule has 1 fully saturated rings. The molecule has 0 aromatic heterocycles. The first-order valence-electron chi connectivity index (χ1n) is 15.7. The highest BCUT2D eigenvalue weighted by atomic mass is 16.5. The molecule has 0 radical (unpaired) electrons. The number of allylic oxidation sites excluding steroid dienone is 2. The molecule has 1 heterocycles. The van der Waals surface area contributed by atoms with Crippen molar-refractivity contribution in [2.45, 2.75) is 62.6 Å². The van der Waals surface area contributed by atoms with Crippen molar-refractivity contribution in [3.8, 4) is 11.5 Å². The molecule has 1 saturated heterocycles. The van der Waals surface area contributed by atoms with Crippen molar-refractivity contribution < 1.29 is 9.47 Å². The fraction of sp³-hybridized carbons (Fsp3) is 0.333. The van der Waals surface area contributed by atoms with E-state index in [2.05, 4.69) is 108 Å². The van der Waals surface area contributed by atoms with Crippen molar-refractivity contribution in [1.82, 2.24) is 4.90 Å². The van der Waals surface area contributed by atoms with E-state index in [-0.39, 0.29) is 5.41 Å². The lowest BCUT2D eigenvalue weighted by Crippen LogP contribution is -2.60. The van der Waals surface area contributed by atoms with Gasteiger partial charge in [-0.3, -0.25) is 4.90 Å². The maximum atomic E-state index is 6.73. The minimum atomic E-state index is -0.0304. The number of fused-ring (bicyclic) bond motifs is 3. The zero-order valence-electron chi connectivity index (χ0n) is 24.5. The summed E-state index contributed by atoms with van der Waals surface area (Å²) in [5.74, 6) is 2.34. The molecule has 4 aliphatic rings. The minimum Gasteiger partial charge on any atom is -0.493 e. The fourth-order valence-corrected chi connectivity index (χ4v) is 8.84. The van der Waals surface area contributed by atoms with Crippen LogP contribution in [0.3, 0.4) is 0 Å². The number of piperidine rings is 1. The van der Waals surface area contributed by atoms with Gasteiger partial charge >= 0.3 is 0 Å². The van der Waals surface area contributed by atoms with Gasteiger partial charge in [-0.2, -0.15) is 0 Å². The number of rotatable bonds is 5. The molecule has 0 unspecified atom stereocenters. The van der Waals surface area contributed by atoms with Gasteiger partial charge in [0.25, 0.3) is 0 Å². The van der Waals surface area contributed by atoms with Gasteiger partial charge in [0.15, 0.2) is 11.5 Å². The maximum Gasteiger partial charge on any atom is 0.166 e. The smallest absolute Gasteiger partial charge is 0.166 e. The van der Waals surface area contributed by atoms with Crippen LogP contribution in [0.1, 0.15) is 64.2 Å². The molecule has 4 aromatic carbocycles. The Kier molecular flexibility index (Phi) is 6.45. The second-order valence-corrected chi connectivity index (χ2v) is 12.6. The summed E-state index contributed by atoms with van der Waals surface area (Å²) in [6.07, 6.45) is 11.7. The number of methoxy groups -OCH3 is 1. The second kappa shape index (κ2) is 10.5. The molecular formula is C39H39NO2. The number of benzene rings is 4. The molecule has 3 aliphatic carbocycles. The van der Waals surface area contributed by atoms with E-state index in [0.717, 1.165) is 50.1 Å². The van der Waals surface area contributed by atoms with Gasteiger partial charge < -0.3 is 9.47 Å². The number of hydrogen-bond donors (Lipinski definition) is 0. The first-order chi connectivity index (χ1) is 20.8. The van der Waals surface area contributed by atoms with Crippen LogP contribution in [-0.2, 0) is 31.3 Å². The summed E-state index contributed by atoms with van der Waals surface area (Å²) in [5.41, 5.74) is 10.00. The van der Waals surface area contributed by atoms with Gasteiger partial charge in [-0.25, -0.2) is 0 Å². The maximum absolute atomic E-state index is 6.73. The SMILES string of the molecule is COc1ccc2c(c1OCc1ccccc1)[C@]13C=CCC[C@H]1[C@H](C2)N(C1c2ccccc2CCc2ccccc21)CC3. The summed E-state index contributed by atoms with van der Waals surface area (Å²) < 4.78 is 12.7. The van der Waals surface area contributed by atoms with Crippen LogP contribution in [0.15, 0.2) is 103 Å². The highest BCUT2D eigenvalue weighted by molar-refractivity contribution is 5.59. The molecule has 3 atom stereocenters. The highest BCUT2D eigenvalue weighted by Crippen LogP contribution is 2.59. The summed E-state index contributed by atoms with van der Waals surface area (Å²) in [6, 6.07) is 34.2. The van der Waals surface area contributed by atoms with Crippen LogP contribution in [0.5, 0.6) is 11.5 Å². The van der Waals surface area contributed by atoms with Crippen LogP contribution in [0.25, 0.3) is 0 Å². The summed E-state index contributed by atoms with van der Waals surface area (Å²) in [4.78, 5) is 2.91. The van der Waals surface area contributed by atoms with Crippen molar-refractivity contribution in [3.63, 3.8) is 0 Å². The van der Waals surface area contributed by atoms with E-state index in [1.165, 1.54) is 45.4 Å². The predicted octanol–water partition coefficient (Wildman–Crippen LogP) is 8.00. The molecule has 0 N–H and O–H groups in total. The molecule has 0 amide bonds. The quantitative estimate of drug-likeness (QED) is 0.234. The number of ether oxygens (including phenoxy) is 2. The Bertz CT molecular complexity index is 1590. The van der Waals surface area contributed by atoms with Crippen molar-refractivity contribution >= 4 is 0 Å². The average molecular weight is 554 g/mol. The van der Waals surface area contributed by atoms with Gasteiger partial charge in [0.1, 0.15) is 6.61 Å². The van der Waals surface area contributed by atoms with Gasteiger partial charge in [-0.15, -0.1) is 0 Å². The van der Waals surface area contributed by atoms with Gasteiger partial charge in [0.2, 0.25) is 0 Å². The van der Waals surface area contributed by atoms with Crippen LogP contribution in [0.4, 0.5) is 0 Å². The van der Waals surface area contributed by atoms with Crippen LogP contribution in [0.2, 0.25) is 0 Å². The average Bonchev–Trinajstić information content (AvgIpc) is 3.21. The van der Waals surface area contributed by atoms with Crippen LogP contribution in [0, 0.1) is 5.92 Å². The molecule has 3 nitrogen and oxygen atoms in total. The topological polar surface area (TPSA) is 21.7 Å². The fourth-order valence-electron chi connectivity index (χ4n) is 8.84. The Morgan fingerprint density at radius 1 is 0.810 bits per heavy atom. The van der Waals surface area contributed by atoms with E-state index >= 15 is 0 Å². The van der Waals surface area contributed by atoms with Gasteiger partial charge in [-0.05, 0) is 83.9 Å². The molecule has 3 heteroatoms. The standard InChI is InChI=1S/C39H39NO2/c1-41-35-21-20-30-25-34-33-17-9-10-22-39(33,36(30)38(35)42-26-27-11-3-2-4-12-27)23-24-40(34)37-31-15-7-5-13-28(31)18-19-29-14-6-8-16-32(29)37/h2-8,10-16,20-22,33-34,37H,9,17-19,23-26H2,1H3/t33-,34-,39-/m0/s1. The molecule has 8 rings (SSSR count). The largest absolute Gasteiger partial charge is 0.493 e. The van der Waals surface area contributed by atoms with Crippen molar-refractivity contribution in [2.75, 3.05) is 13.7 Å². The Morgan fingerprint density at radius 3 is 2.26 bits per heavy atom. The lowest BCUT2D eigenvalue weighted by atomic mass is 9.54. The molecule has 2 bridgehead atoms. The third-order valence-corrected chi connectivity index (χ3v) is 10.6. The molecule has 0 spiro atoms. The van der Waals surface area contributed by atoms with Crippen LogP contribution < -0.4 is 9.47 Å². The number of likely N-dealkylation sites (tertiary alicyclic amines) is 1. The predicted molar refractivity (Wildman–Crippen MR) is 168 cm³/mol. The van der Waals surface area contributed by atoms with E-state index in [0.29, 0.717) is 24.6 Å². The van der Waals surface area contributed by atoms with Crippen molar-refractivity contribution in [2.24, 2.45) is 5.92 Å². The summed E-state index contributed by atoms with van der Waals surface area (Å²) >= 11 is 0. The first kappa shape index (κ1) is 25.9. The van der Waals surface area contributed by atoms with E-state index in [4.69, 9.17) is 9.47 Å². The zero-order chi connectivity index (χ0) is 28.1. The normalized spacial score (nSPS) is 24.5. The molecular weight excluding hydrogens is 514 g/mol. The minimum absolute atomic E-state index is 0.0304. The molecule has 0 saturated carbocycles. The third kappa shape index (κ3) is 4.05. The van der Waals surface area contributed by atoms with Gasteiger partial charge in [0, 0.05) is 23.6 Å². The Labute approximate surface area is 249 Å². The molecule has 4 aromatic rings. The van der Waals surface area contributed by atoms with Gasteiger partial charge in [-0.1, -0.05) is 97.1 Å². The van der Waals surface area contributed by atoms with E-state index in [1.54, 1.807) is 7.11 Å². The summed E-state index contributed by atoms with van der Waals surface area (Å²) in [6.45, 7) is 1.61. The van der Waals surface area contributed by atoms with E-state index in [1.807, 2.05) is 0 Å². The van der Waals surface area contributed by atoms with Crippen LogP contribution >= 0.6 is 0 Å². The summed E-state index contributed by atoms with van der Waals surface area (Å²) in [7, 11) is 1.78. The lowest BCUT2D eigenvalue weighted by molar-refractivity contribution is 0.00543. The zero-order valence-corrected chi connectivity index (χ0v) is 24.5. The van der Waals surface area contributed by atoms with Crippen molar-refractivity contribution in [3.05, 3.63) is 142 Å². The Balaban J connectivity index is 1.25. The second-order valence-electron chi connectivity index (χ2n) is 12.6. The first-order valence-corrected chi connectivity index (χ1v) is 15.7. The Hall–Kier alpha value is -3.82. The van der Waals surface area contributed by atoms with Crippen LogP contribution in [-0.4, -0.2) is 24.6 Å². The summed E-state index contributed by atoms with van der Waals surface area (Å²) in [5, 5.41) is 0.